The summed E-state index contributed by atoms with van der Waals surface area (Å²) < 4.78 is 29.9. The van der Waals surface area contributed by atoms with Crippen LogP contribution in [0, 0.1) is 5.82 Å². The van der Waals surface area contributed by atoms with Crippen LogP contribution >= 0.6 is 0 Å². The average Bonchev–Trinajstić information content (AvgIpc) is 3.24. The fourth-order valence-corrected chi connectivity index (χ4v) is 3.28. The maximum Gasteiger partial charge on any atom is 0.161 e. The van der Waals surface area contributed by atoms with Gasteiger partial charge in [0.1, 0.15) is 11.6 Å². The summed E-state index contributed by atoms with van der Waals surface area (Å²) >= 11 is 0. The monoisotopic (exact) mass is 383 g/mol. The predicted octanol–water partition coefficient (Wildman–Crippen LogP) is 4.91. The number of hydrogen-bond donors (Lipinski definition) is 3. The molecule has 0 radical (unpaired) electrons. The molecule has 2 aliphatic rings. The van der Waals surface area contributed by atoms with Crippen LogP contribution in [0.1, 0.15) is 6.42 Å². The molecule has 0 aromatic heterocycles. The summed E-state index contributed by atoms with van der Waals surface area (Å²) in [5.41, 5.74) is 2.58. The molecule has 6 nitrogen and oxygen atoms in total. The van der Waals surface area contributed by atoms with Gasteiger partial charge in [0.05, 0.1) is 19.4 Å². The van der Waals surface area contributed by atoms with Crippen LogP contribution in [-0.4, -0.2) is 37.6 Å². The van der Waals surface area contributed by atoms with Crippen molar-refractivity contribution < 1.29 is 18.6 Å². The summed E-state index contributed by atoms with van der Waals surface area (Å²) in [5.74, 6) is 1.84. The van der Waals surface area contributed by atoms with E-state index in [9.17, 15) is 4.39 Å². The summed E-state index contributed by atoms with van der Waals surface area (Å²) in [6.07, 6.45) is 0.802. The van der Waals surface area contributed by atoms with Gasteiger partial charge in [-0.2, -0.15) is 0 Å². The lowest BCUT2D eigenvalue weighted by molar-refractivity contribution is 0.170. The number of aromatic amines is 2. The first-order chi connectivity index (χ1) is 13.7. The first-order valence-electron chi connectivity index (χ1n) is 9.04. The number of nitrogens with one attached hydrogen (secondary N) is 3. The molecule has 0 unspecified atom stereocenters. The molecule has 3 N–H and O–H groups in total. The Bertz CT molecular complexity index is 1060. The van der Waals surface area contributed by atoms with Crippen LogP contribution in [0.4, 0.5) is 15.9 Å². The second kappa shape index (κ2) is 7.82. The van der Waals surface area contributed by atoms with E-state index in [4.69, 9.17) is 14.2 Å². The third kappa shape index (κ3) is 3.48. The van der Waals surface area contributed by atoms with E-state index >= 15 is 0 Å². The number of methoxy groups -OCH3 is 2. The van der Waals surface area contributed by atoms with E-state index < -0.39 is 0 Å². The molecule has 0 saturated carbocycles. The van der Waals surface area contributed by atoms with Gasteiger partial charge in [-0.1, -0.05) is 6.07 Å². The van der Waals surface area contributed by atoms with Gasteiger partial charge in [0.25, 0.3) is 0 Å². The van der Waals surface area contributed by atoms with Crippen molar-refractivity contribution >= 4 is 22.3 Å². The molecule has 1 heterocycles. The molecule has 0 spiro atoms. The minimum absolute atomic E-state index is 0.288. The second-order valence-electron chi connectivity index (χ2n) is 6.48. The van der Waals surface area contributed by atoms with Gasteiger partial charge >= 0.3 is 0 Å². The number of aromatic nitrogens is 2. The number of fused-ring (bicyclic) bond motifs is 3. The number of halogens is 1. The van der Waals surface area contributed by atoms with Crippen LogP contribution in [0.3, 0.4) is 0 Å². The molecule has 2 aromatic rings. The molecule has 0 fully saturated rings. The van der Waals surface area contributed by atoms with Gasteiger partial charge < -0.3 is 19.5 Å². The van der Waals surface area contributed by atoms with Gasteiger partial charge in [-0.15, -0.1) is 0 Å². The molecule has 1 aliphatic carbocycles. The van der Waals surface area contributed by atoms with Crippen molar-refractivity contribution in [3.05, 3.63) is 48.3 Å². The maximum absolute atomic E-state index is 13.5. The largest absolute Gasteiger partial charge is 0.493 e. The number of anilines is 2. The molecular formula is C21H22FN3O3. The maximum atomic E-state index is 13.5. The first kappa shape index (κ1) is 18.2. The van der Waals surface area contributed by atoms with Crippen LogP contribution in [0.25, 0.3) is 22.0 Å². The quantitative estimate of drug-likeness (QED) is 0.378. The predicted molar refractivity (Wildman–Crippen MR) is 107 cm³/mol. The number of ether oxygens (including phenoxy) is 3. The van der Waals surface area contributed by atoms with Crippen LogP contribution in [0.15, 0.2) is 42.5 Å². The van der Waals surface area contributed by atoms with Crippen molar-refractivity contribution in [2.45, 2.75) is 6.42 Å². The van der Waals surface area contributed by atoms with Gasteiger partial charge in [0.2, 0.25) is 0 Å². The van der Waals surface area contributed by atoms with E-state index in [0.29, 0.717) is 30.4 Å². The van der Waals surface area contributed by atoms with E-state index in [1.54, 1.807) is 20.3 Å². The molecule has 2 aromatic carbocycles. The minimum Gasteiger partial charge on any atom is -0.493 e. The summed E-state index contributed by atoms with van der Waals surface area (Å²) in [4.78, 5) is 0. The zero-order valence-corrected chi connectivity index (χ0v) is 15.8. The normalized spacial score (nSPS) is 11.2. The Morgan fingerprint density at radius 1 is 1.00 bits per heavy atom. The molecule has 7 heteroatoms. The summed E-state index contributed by atoms with van der Waals surface area (Å²) in [7, 11) is 3.30. The zero-order valence-electron chi connectivity index (χ0n) is 15.8. The van der Waals surface area contributed by atoms with Gasteiger partial charge in [-0.3, -0.25) is 10.2 Å². The molecule has 4 rings (SSSR count). The van der Waals surface area contributed by atoms with Gasteiger partial charge in [-0.25, -0.2) is 4.39 Å². The summed E-state index contributed by atoms with van der Waals surface area (Å²) in [6, 6.07) is 12.3. The van der Waals surface area contributed by atoms with Crippen molar-refractivity contribution in [1.82, 2.24) is 10.2 Å². The molecule has 1 aliphatic heterocycles. The topological polar surface area (TPSA) is 71.3 Å². The van der Waals surface area contributed by atoms with Gasteiger partial charge in [0.15, 0.2) is 11.5 Å². The lowest BCUT2D eigenvalue weighted by Crippen LogP contribution is -2.02. The SMILES string of the molecule is COCCCOc1cc2cc3c(Nc4cccc(F)c4)[nH][nH]c-3c2cc1OC. The Hall–Kier alpha value is -3.19. The van der Waals surface area contributed by atoms with Crippen molar-refractivity contribution in [1.29, 1.82) is 0 Å². The molecular weight excluding hydrogens is 361 g/mol. The van der Waals surface area contributed by atoms with E-state index in [2.05, 4.69) is 21.6 Å². The molecule has 0 amide bonds. The molecule has 0 saturated heterocycles. The minimum atomic E-state index is -0.288. The number of H-pyrrole nitrogens is 2. The highest BCUT2D eigenvalue weighted by molar-refractivity contribution is 6.05. The third-order valence-corrected chi connectivity index (χ3v) is 4.60. The van der Waals surface area contributed by atoms with Crippen LogP contribution in [0.5, 0.6) is 11.5 Å². The smallest absolute Gasteiger partial charge is 0.161 e. The van der Waals surface area contributed by atoms with Gasteiger partial charge in [-0.05, 0) is 41.8 Å². The van der Waals surface area contributed by atoms with E-state index in [1.807, 2.05) is 18.2 Å². The summed E-state index contributed by atoms with van der Waals surface area (Å²) in [6.45, 7) is 1.20. The standard InChI is InChI=1S/C21H22FN3O3/c1-26-7-4-8-28-19-10-13-9-17-20(16(13)12-18(19)27-2)24-25-21(17)23-15-6-3-5-14(22)11-15/h3,5-6,9-12,23-25H,4,7-8H2,1-2H3. The second-order valence-corrected chi connectivity index (χ2v) is 6.48. The molecule has 28 heavy (non-hydrogen) atoms. The molecule has 0 atom stereocenters. The fraction of sp³-hybridized carbons (Fsp3) is 0.238. The average molecular weight is 383 g/mol. The van der Waals surface area contributed by atoms with E-state index in [1.165, 1.54) is 12.1 Å². The van der Waals surface area contributed by atoms with Crippen LogP contribution in [0.2, 0.25) is 0 Å². The highest BCUT2D eigenvalue weighted by Crippen LogP contribution is 2.42. The fourth-order valence-electron chi connectivity index (χ4n) is 3.28. The van der Waals surface area contributed by atoms with E-state index in [-0.39, 0.29) is 5.82 Å². The lowest BCUT2D eigenvalue weighted by Gasteiger charge is -2.11. The highest BCUT2D eigenvalue weighted by Gasteiger charge is 2.19. The van der Waals surface area contributed by atoms with Crippen molar-refractivity contribution in [3.63, 3.8) is 0 Å². The molecule has 0 bridgehead atoms. The number of hydrogen-bond acceptors (Lipinski definition) is 4. The van der Waals surface area contributed by atoms with Crippen LogP contribution < -0.4 is 14.8 Å². The zero-order chi connectivity index (χ0) is 19.5. The third-order valence-electron chi connectivity index (χ3n) is 4.60. The van der Waals surface area contributed by atoms with Crippen molar-refractivity contribution in [3.8, 4) is 22.8 Å². The van der Waals surface area contributed by atoms with Crippen molar-refractivity contribution in [2.75, 3.05) is 32.8 Å². The Morgan fingerprint density at radius 3 is 2.68 bits per heavy atom. The highest BCUT2D eigenvalue weighted by atomic mass is 19.1. The number of rotatable bonds is 8. The van der Waals surface area contributed by atoms with E-state index in [0.717, 1.165) is 34.3 Å². The van der Waals surface area contributed by atoms with Crippen LogP contribution in [-0.2, 0) is 4.74 Å². The Labute approximate surface area is 161 Å². The Kier molecular flexibility index (Phi) is 5.08. The molecule has 146 valence electrons. The Balaban J connectivity index is 1.65. The van der Waals surface area contributed by atoms with Crippen molar-refractivity contribution in [2.24, 2.45) is 0 Å². The summed E-state index contributed by atoms with van der Waals surface area (Å²) in [5, 5.41) is 11.6. The first-order valence-corrected chi connectivity index (χ1v) is 9.04. The van der Waals surface area contributed by atoms with Gasteiger partial charge in [0, 0.05) is 36.8 Å². The Morgan fingerprint density at radius 2 is 1.89 bits per heavy atom. The lowest BCUT2D eigenvalue weighted by atomic mass is 10.2. The number of benzene rings is 2.